The third-order valence-electron chi connectivity index (χ3n) is 4.16. The molecule has 2 aromatic rings. The van der Waals surface area contributed by atoms with Crippen molar-refractivity contribution >= 4 is 11.0 Å². The highest BCUT2D eigenvalue weighted by molar-refractivity contribution is 5.77. The quantitative estimate of drug-likeness (QED) is 0.865. The summed E-state index contributed by atoms with van der Waals surface area (Å²) in [7, 11) is 0. The number of hydrogen-bond donors (Lipinski definition) is 1. The highest BCUT2D eigenvalue weighted by atomic mass is 16.3. The van der Waals surface area contributed by atoms with Gasteiger partial charge in [-0.25, -0.2) is 0 Å². The van der Waals surface area contributed by atoms with Crippen molar-refractivity contribution in [3.63, 3.8) is 0 Å². The molecule has 2 nitrogen and oxygen atoms in total. The van der Waals surface area contributed by atoms with Gasteiger partial charge in [-0.2, -0.15) is 0 Å². The Bertz CT molecular complexity index is 513. The van der Waals surface area contributed by atoms with Gasteiger partial charge in [0.25, 0.3) is 0 Å². The van der Waals surface area contributed by atoms with E-state index in [9.17, 15) is 0 Å². The molecule has 0 amide bonds. The molecule has 0 spiro atoms. The maximum Gasteiger partial charge on any atom is 0.133 e. The predicted octanol–water partition coefficient (Wildman–Crippen LogP) is 3.75. The maximum absolute atomic E-state index is 5.39. The second kappa shape index (κ2) is 5.15. The van der Waals surface area contributed by atoms with Gasteiger partial charge in [0.15, 0.2) is 0 Å². The summed E-state index contributed by atoms with van der Waals surface area (Å²) in [6.07, 6.45) is 7.10. The van der Waals surface area contributed by atoms with Gasteiger partial charge in [-0.1, -0.05) is 19.4 Å². The van der Waals surface area contributed by atoms with Gasteiger partial charge in [0.2, 0.25) is 0 Å². The summed E-state index contributed by atoms with van der Waals surface area (Å²) in [5, 5.41) is 4.87. The Balaban J connectivity index is 1.75. The van der Waals surface area contributed by atoms with Gasteiger partial charge in [-0.15, -0.1) is 0 Å². The van der Waals surface area contributed by atoms with Crippen molar-refractivity contribution in [2.75, 3.05) is 6.54 Å². The molecule has 1 saturated carbocycles. The molecule has 1 aliphatic carbocycles. The van der Waals surface area contributed by atoms with E-state index in [1.54, 1.807) is 6.26 Å². The SMILES string of the molecule is CCNC(Cc1ccc2occc2c1)C1CCC1. The van der Waals surface area contributed by atoms with Crippen LogP contribution in [0.5, 0.6) is 0 Å². The number of nitrogens with one attached hydrogen (secondary N) is 1. The predicted molar refractivity (Wildman–Crippen MR) is 74.7 cm³/mol. The Labute approximate surface area is 108 Å². The summed E-state index contributed by atoms with van der Waals surface area (Å²) in [6, 6.07) is 9.25. The van der Waals surface area contributed by atoms with Crippen LogP contribution in [0.15, 0.2) is 34.9 Å². The van der Waals surface area contributed by atoms with Gasteiger partial charge in [0, 0.05) is 11.4 Å². The van der Waals surface area contributed by atoms with E-state index in [-0.39, 0.29) is 0 Å². The van der Waals surface area contributed by atoms with Crippen molar-refractivity contribution in [1.82, 2.24) is 5.32 Å². The average Bonchev–Trinajstić information content (AvgIpc) is 2.74. The van der Waals surface area contributed by atoms with Crippen molar-refractivity contribution in [3.05, 3.63) is 36.1 Å². The fraction of sp³-hybridized carbons (Fsp3) is 0.500. The number of fused-ring (bicyclic) bond motifs is 1. The van der Waals surface area contributed by atoms with Gasteiger partial charge < -0.3 is 9.73 Å². The minimum absolute atomic E-state index is 0.646. The third kappa shape index (κ3) is 2.30. The van der Waals surface area contributed by atoms with E-state index in [2.05, 4.69) is 30.4 Å². The first-order valence-corrected chi connectivity index (χ1v) is 7.06. The molecule has 1 aromatic carbocycles. The Morgan fingerprint density at radius 3 is 2.94 bits per heavy atom. The van der Waals surface area contributed by atoms with Crippen LogP contribution in [0.2, 0.25) is 0 Å². The van der Waals surface area contributed by atoms with Crippen LogP contribution in [0.4, 0.5) is 0 Å². The van der Waals surface area contributed by atoms with E-state index < -0.39 is 0 Å². The monoisotopic (exact) mass is 243 g/mol. The molecule has 18 heavy (non-hydrogen) atoms. The molecule has 2 heteroatoms. The summed E-state index contributed by atoms with van der Waals surface area (Å²) in [6.45, 7) is 3.26. The molecule has 1 aliphatic rings. The van der Waals surface area contributed by atoms with Crippen molar-refractivity contribution in [2.45, 2.75) is 38.6 Å². The lowest BCUT2D eigenvalue weighted by Crippen LogP contribution is -2.41. The summed E-state index contributed by atoms with van der Waals surface area (Å²) < 4.78 is 5.39. The molecule has 0 aliphatic heterocycles. The normalized spacial score (nSPS) is 17.8. The minimum Gasteiger partial charge on any atom is -0.464 e. The first-order chi connectivity index (χ1) is 8.86. The van der Waals surface area contributed by atoms with E-state index in [0.717, 1.165) is 24.5 Å². The number of benzene rings is 1. The third-order valence-corrected chi connectivity index (χ3v) is 4.16. The topological polar surface area (TPSA) is 25.2 Å². The Morgan fingerprint density at radius 1 is 1.33 bits per heavy atom. The molecule has 1 unspecified atom stereocenters. The molecule has 0 bridgehead atoms. The molecule has 3 rings (SSSR count). The zero-order valence-electron chi connectivity index (χ0n) is 11.0. The first-order valence-electron chi connectivity index (χ1n) is 7.06. The molecule has 1 heterocycles. The Hall–Kier alpha value is -1.28. The van der Waals surface area contributed by atoms with Gasteiger partial charge in [-0.3, -0.25) is 0 Å². The minimum atomic E-state index is 0.646. The van der Waals surface area contributed by atoms with Crippen LogP contribution in [-0.4, -0.2) is 12.6 Å². The van der Waals surface area contributed by atoms with Crippen molar-refractivity contribution in [1.29, 1.82) is 0 Å². The van der Waals surface area contributed by atoms with Crippen LogP contribution in [-0.2, 0) is 6.42 Å². The van der Waals surface area contributed by atoms with Crippen molar-refractivity contribution in [3.8, 4) is 0 Å². The van der Waals surface area contributed by atoms with E-state index in [0.29, 0.717) is 6.04 Å². The van der Waals surface area contributed by atoms with Crippen LogP contribution in [0.25, 0.3) is 11.0 Å². The second-order valence-electron chi connectivity index (χ2n) is 5.35. The molecule has 1 atom stereocenters. The van der Waals surface area contributed by atoms with E-state index in [4.69, 9.17) is 4.42 Å². The van der Waals surface area contributed by atoms with Crippen molar-refractivity contribution in [2.24, 2.45) is 5.92 Å². The second-order valence-corrected chi connectivity index (χ2v) is 5.35. The molecular formula is C16H21NO. The van der Waals surface area contributed by atoms with Crippen LogP contribution < -0.4 is 5.32 Å². The number of hydrogen-bond acceptors (Lipinski definition) is 2. The van der Waals surface area contributed by atoms with Gasteiger partial charge in [-0.05, 0) is 55.5 Å². The maximum atomic E-state index is 5.39. The van der Waals surface area contributed by atoms with E-state index >= 15 is 0 Å². The first kappa shape index (κ1) is 11.8. The molecular weight excluding hydrogens is 222 g/mol. The highest BCUT2D eigenvalue weighted by Crippen LogP contribution is 2.31. The molecule has 1 aromatic heterocycles. The molecule has 0 radical (unpaired) electrons. The van der Waals surface area contributed by atoms with E-state index in [1.807, 2.05) is 6.07 Å². The summed E-state index contributed by atoms with van der Waals surface area (Å²) >= 11 is 0. The summed E-state index contributed by atoms with van der Waals surface area (Å²) in [5.74, 6) is 0.880. The molecule has 1 N–H and O–H groups in total. The fourth-order valence-electron chi connectivity index (χ4n) is 2.91. The van der Waals surface area contributed by atoms with Gasteiger partial charge in [0.05, 0.1) is 6.26 Å². The van der Waals surface area contributed by atoms with Crippen LogP contribution in [0.1, 0.15) is 31.7 Å². The van der Waals surface area contributed by atoms with Crippen molar-refractivity contribution < 1.29 is 4.42 Å². The zero-order valence-corrected chi connectivity index (χ0v) is 11.0. The summed E-state index contributed by atoms with van der Waals surface area (Å²) in [5.41, 5.74) is 2.41. The lowest BCUT2D eigenvalue weighted by Gasteiger charge is -2.34. The smallest absolute Gasteiger partial charge is 0.133 e. The molecule has 1 fully saturated rings. The average molecular weight is 243 g/mol. The highest BCUT2D eigenvalue weighted by Gasteiger charge is 2.26. The fourth-order valence-corrected chi connectivity index (χ4v) is 2.91. The standard InChI is InChI=1S/C16H21NO/c1-2-17-15(13-4-3-5-13)11-12-6-7-16-14(10-12)8-9-18-16/h6-10,13,15,17H,2-5,11H2,1H3. The Kier molecular flexibility index (Phi) is 3.37. The van der Waals surface area contributed by atoms with Crippen LogP contribution in [0.3, 0.4) is 0 Å². The number of likely N-dealkylation sites (N-methyl/N-ethyl adjacent to an activating group) is 1. The lowest BCUT2D eigenvalue weighted by molar-refractivity contribution is 0.229. The van der Waals surface area contributed by atoms with Crippen LogP contribution in [0, 0.1) is 5.92 Å². The molecule has 96 valence electrons. The largest absolute Gasteiger partial charge is 0.464 e. The van der Waals surface area contributed by atoms with Gasteiger partial charge in [0.1, 0.15) is 5.58 Å². The Morgan fingerprint density at radius 2 is 2.22 bits per heavy atom. The lowest BCUT2D eigenvalue weighted by atomic mass is 9.77. The zero-order chi connectivity index (χ0) is 12.4. The van der Waals surface area contributed by atoms with Gasteiger partial charge >= 0.3 is 0 Å². The summed E-state index contributed by atoms with van der Waals surface area (Å²) in [4.78, 5) is 0. The number of rotatable bonds is 5. The van der Waals surface area contributed by atoms with E-state index in [1.165, 1.54) is 30.2 Å². The molecule has 0 saturated heterocycles. The van der Waals surface area contributed by atoms with Crippen LogP contribution >= 0.6 is 0 Å². The number of furan rings is 1.